The van der Waals surface area contributed by atoms with Gasteiger partial charge in [-0.05, 0) is 86.2 Å². The predicted molar refractivity (Wildman–Crippen MR) is 143 cm³/mol. The van der Waals surface area contributed by atoms with Gasteiger partial charge in [0.25, 0.3) is 0 Å². The molecule has 0 radical (unpaired) electrons. The lowest BCUT2D eigenvalue weighted by atomic mass is 9.77. The average Bonchev–Trinajstić information content (AvgIpc) is 2.84. The first-order valence-corrected chi connectivity index (χ1v) is 14.2. The molecule has 32 heavy (non-hydrogen) atoms. The summed E-state index contributed by atoms with van der Waals surface area (Å²) in [5.41, 5.74) is 2.91. The van der Waals surface area contributed by atoms with Crippen LogP contribution in [-0.2, 0) is 0 Å². The number of benzene rings is 1. The number of hydrogen-bond donors (Lipinski definition) is 0. The van der Waals surface area contributed by atoms with Crippen LogP contribution in [0.2, 0.25) is 0 Å². The van der Waals surface area contributed by atoms with Crippen molar-refractivity contribution in [2.75, 3.05) is 0 Å². The summed E-state index contributed by atoms with van der Waals surface area (Å²) in [6, 6.07) is 9.44. The summed E-state index contributed by atoms with van der Waals surface area (Å²) >= 11 is 0. The lowest BCUT2D eigenvalue weighted by Crippen LogP contribution is -2.13. The molecular weight excluding hydrogens is 384 g/mol. The number of hydrogen-bond acceptors (Lipinski definition) is 0. The van der Waals surface area contributed by atoms with E-state index in [0.29, 0.717) is 0 Å². The Labute approximate surface area is 200 Å². The van der Waals surface area contributed by atoms with Crippen molar-refractivity contribution in [3.63, 3.8) is 0 Å². The molecule has 0 unspecified atom stereocenters. The maximum absolute atomic E-state index is 2.46. The van der Waals surface area contributed by atoms with E-state index >= 15 is 0 Å². The number of rotatable bonds is 12. The SMILES string of the molecule is CCCCCC1CCC(C=CC=Cc2ccc(C3CCC(CCCCC)CC3)cc2)CC1. The van der Waals surface area contributed by atoms with Gasteiger partial charge in [-0.1, -0.05) is 114 Å². The minimum Gasteiger partial charge on any atom is -0.0814 e. The van der Waals surface area contributed by atoms with E-state index in [1.54, 1.807) is 5.56 Å². The number of unbranched alkanes of at least 4 members (excludes halogenated alkanes) is 4. The first kappa shape index (κ1) is 25.3. The summed E-state index contributed by atoms with van der Waals surface area (Å²) in [5, 5.41) is 0. The van der Waals surface area contributed by atoms with Crippen molar-refractivity contribution in [2.45, 2.75) is 122 Å². The summed E-state index contributed by atoms with van der Waals surface area (Å²) in [6.07, 6.45) is 32.1. The molecule has 0 heteroatoms. The van der Waals surface area contributed by atoms with Crippen molar-refractivity contribution in [3.8, 4) is 0 Å². The molecule has 0 amide bonds. The molecule has 1 aromatic rings. The van der Waals surface area contributed by atoms with Crippen molar-refractivity contribution in [3.05, 3.63) is 53.6 Å². The predicted octanol–water partition coefficient (Wildman–Crippen LogP) is 10.5. The Bertz CT molecular complexity index is 648. The third kappa shape index (κ3) is 8.92. The van der Waals surface area contributed by atoms with Crippen molar-refractivity contribution in [2.24, 2.45) is 17.8 Å². The van der Waals surface area contributed by atoms with Gasteiger partial charge in [-0.2, -0.15) is 0 Å². The second-order valence-corrected chi connectivity index (χ2v) is 10.9. The first-order valence-electron chi connectivity index (χ1n) is 14.2. The van der Waals surface area contributed by atoms with Crippen molar-refractivity contribution in [1.82, 2.24) is 0 Å². The summed E-state index contributed by atoms with van der Waals surface area (Å²) in [6.45, 7) is 4.62. The van der Waals surface area contributed by atoms with E-state index in [2.05, 4.69) is 62.4 Å². The molecule has 0 saturated heterocycles. The Morgan fingerprint density at radius 2 is 1.22 bits per heavy atom. The Kier molecular flexibility index (Phi) is 11.7. The van der Waals surface area contributed by atoms with Gasteiger partial charge in [0, 0.05) is 0 Å². The second kappa shape index (κ2) is 14.8. The molecule has 0 spiro atoms. The Balaban J connectivity index is 1.35. The molecule has 0 heterocycles. The van der Waals surface area contributed by atoms with E-state index in [4.69, 9.17) is 0 Å². The van der Waals surface area contributed by atoms with Gasteiger partial charge in [0.05, 0.1) is 0 Å². The van der Waals surface area contributed by atoms with Gasteiger partial charge in [-0.15, -0.1) is 0 Å². The lowest BCUT2D eigenvalue weighted by molar-refractivity contribution is 0.289. The summed E-state index contributed by atoms with van der Waals surface area (Å²) < 4.78 is 0. The summed E-state index contributed by atoms with van der Waals surface area (Å²) in [5.74, 6) is 3.62. The largest absolute Gasteiger partial charge is 0.0814 e. The minimum atomic E-state index is 0.799. The van der Waals surface area contributed by atoms with Crippen molar-refractivity contribution in [1.29, 1.82) is 0 Å². The van der Waals surface area contributed by atoms with Crippen LogP contribution in [0.1, 0.15) is 134 Å². The Morgan fingerprint density at radius 3 is 1.78 bits per heavy atom. The molecule has 3 rings (SSSR count). The molecule has 1 aromatic carbocycles. The standard InChI is InChI=1S/C32H50/c1-3-5-7-11-27-15-17-28(18-16-27)13-9-10-14-30-21-25-32(26-22-30)31-23-19-29(20-24-31)12-8-6-4-2/h9-10,13-14,21-22,25-29,31H,3-8,11-12,15-20,23-24H2,1-2H3. The summed E-state index contributed by atoms with van der Waals surface area (Å²) in [7, 11) is 0. The van der Waals surface area contributed by atoms with Gasteiger partial charge in [-0.25, -0.2) is 0 Å². The van der Waals surface area contributed by atoms with Gasteiger partial charge in [0.15, 0.2) is 0 Å². The van der Waals surface area contributed by atoms with Crippen LogP contribution in [0, 0.1) is 17.8 Å². The van der Waals surface area contributed by atoms with Crippen LogP contribution in [0.5, 0.6) is 0 Å². The molecule has 2 saturated carbocycles. The monoisotopic (exact) mass is 434 g/mol. The van der Waals surface area contributed by atoms with E-state index in [-0.39, 0.29) is 0 Å². The van der Waals surface area contributed by atoms with Crippen LogP contribution in [0.15, 0.2) is 42.5 Å². The second-order valence-electron chi connectivity index (χ2n) is 10.9. The molecule has 0 bridgehead atoms. The topological polar surface area (TPSA) is 0 Å². The molecule has 0 aliphatic heterocycles. The van der Waals surface area contributed by atoms with E-state index < -0.39 is 0 Å². The van der Waals surface area contributed by atoms with E-state index in [9.17, 15) is 0 Å². The van der Waals surface area contributed by atoms with Crippen LogP contribution in [0.3, 0.4) is 0 Å². The Hall–Kier alpha value is -1.30. The molecule has 2 aliphatic carbocycles. The smallest absolute Gasteiger partial charge is 0.0162 e. The van der Waals surface area contributed by atoms with Crippen LogP contribution in [0.4, 0.5) is 0 Å². The number of allylic oxidation sites excluding steroid dienone is 3. The molecule has 2 aliphatic rings. The van der Waals surface area contributed by atoms with E-state index in [1.165, 1.54) is 108 Å². The fourth-order valence-electron chi connectivity index (χ4n) is 6.09. The maximum Gasteiger partial charge on any atom is -0.0162 e. The van der Waals surface area contributed by atoms with Crippen LogP contribution in [-0.4, -0.2) is 0 Å². The van der Waals surface area contributed by atoms with Crippen LogP contribution >= 0.6 is 0 Å². The zero-order valence-corrected chi connectivity index (χ0v) is 21.2. The fraction of sp³-hybridized carbons (Fsp3) is 0.688. The zero-order chi connectivity index (χ0) is 22.4. The zero-order valence-electron chi connectivity index (χ0n) is 21.2. The quantitative estimate of drug-likeness (QED) is 0.227. The first-order chi connectivity index (χ1) is 15.8. The molecule has 0 N–H and O–H groups in total. The third-order valence-corrected chi connectivity index (χ3v) is 8.36. The minimum absolute atomic E-state index is 0.799. The highest BCUT2D eigenvalue weighted by Gasteiger charge is 2.22. The lowest BCUT2D eigenvalue weighted by Gasteiger charge is -2.29. The maximum atomic E-state index is 2.46. The van der Waals surface area contributed by atoms with Crippen molar-refractivity contribution >= 4 is 6.08 Å². The van der Waals surface area contributed by atoms with Crippen LogP contribution in [0.25, 0.3) is 6.08 Å². The van der Waals surface area contributed by atoms with Crippen LogP contribution < -0.4 is 0 Å². The van der Waals surface area contributed by atoms with Gasteiger partial charge in [0.1, 0.15) is 0 Å². The normalized spacial score (nSPS) is 26.8. The molecule has 2 fully saturated rings. The molecule has 0 atom stereocenters. The average molecular weight is 435 g/mol. The van der Waals surface area contributed by atoms with Gasteiger partial charge in [-0.3, -0.25) is 0 Å². The highest BCUT2D eigenvalue weighted by Crippen LogP contribution is 2.38. The molecule has 178 valence electrons. The van der Waals surface area contributed by atoms with E-state index in [0.717, 1.165) is 23.7 Å². The third-order valence-electron chi connectivity index (χ3n) is 8.36. The van der Waals surface area contributed by atoms with Gasteiger partial charge < -0.3 is 0 Å². The van der Waals surface area contributed by atoms with Gasteiger partial charge in [0.2, 0.25) is 0 Å². The molecule has 0 nitrogen and oxygen atoms in total. The molecular formula is C32H50. The molecule has 0 aromatic heterocycles. The highest BCUT2D eigenvalue weighted by atomic mass is 14.3. The van der Waals surface area contributed by atoms with E-state index in [1.807, 2.05) is 0 Å². The fourth-order valence-corrected chi connectivity index (χ4v) is 6.09. The van der Waals surface area contributed by atoms with Crippen molar-refractivity contribution < 1.29 is 0 Å². The van der Waals surface area contributed by atoms with Gasteiger partial charge >= 0.3 is 0 Å². The highest BCUT2D eigenvalue weighted by molar-refractivity contribution is 5.51. The summed E-state index contributed by atoms with van der Waals surface area (Å²) in [4.78, 5) is 0. The Morgan fingerprint density at radius 1 is 0.656 bits per heavy atom.